The average molecular weight is 565 g/mol. The second-order valence-electron chi connectivity index (χ2n) is 9.04. The fourth-order valence-corrected chi connectivity index (χ4v) is 4.08. The van der Waals surface area contributed by atoms with Gasteiger partial charge in [-0.3, -0.25) is 9.35 Å². The Labute approximate surface area is 248 Å². The van der Waals surface area contributed by atoms with E-state index in [9.17, 15) is 22.8 Å². The van der Waals surface area contributed by atoms with E-state index in [4.69, 9.17) is 65.8 Å². The lowest BCUT2D eigenvalue weighted by Gasteiger charge is -2.26. The summed E-state index contributed by atoms with van der Waals surface area (Å²) in [5.74, 6) is -5.58. The Kier molecular flexibility index (Phi) is 12.5. The summed E-state index contributed by atoms with van der Waals surface area (Å²) in [7, 11) is 30.2. The zero-order valence-corrected chi connectivity index (χ0v) is 23.4. The number of esters is 3. The summed E-state index contributed by atoms with van der Waals surface area (Å²) in [5.41, 5.74) is -0.288. The SMILES string of the molecule is [B]Cc1cc(C[B])c(OC(=O)C(C)(C(=O)OCCS(=O)(=O)O)C(=O)Oc2c(C[B])cc(C[B])cc2C[B])c(C[B])c1. The summed E-state index contributed by atoms with van der Waals surface area (Å²) in [6, 6.07) is 6.29. The molecule has 2 rings (SSSR count). The smallest absolute Gasteiger partial charge is 0.340 e. The summed E-state index contributed by atoms with van der Waals surface area (Å²) in [4.78, 5) is 40.4. The second-order valence-corrected chi connectivity index (χ2v) is 10.6. The molecule has 0 aliphatic heterocycles. The Morgan fingerprint density at radius 3 is 1.29 bits per heavy atom. The minimum atomic E-state index is -4.54. The molecular formula is C25H24B6O9S. The molecule has 16 heteroatoms. The second kappa shape index (κ2) is 14.9. The number of rotatable bonds is 14. The molecule has 0 aromatic heterocycles. The van der Waals surface area contributed by atoms with Crippen LogP contribution in [0.15, 0.2) is 24.3 Å². The van der Waals surface area contributed by atoms with Gasteiger partial charge in [-0.05, 0) is 29.2 Å². The van der Waals surface area contributed by atoms with Gasteiger partial charge in [0.1, 0.15) is 23.9 Å². The van der Waals surface area contributed by atoms with Gasteiger partial charge >= 0.3 is 17.9 Å². The summed E-state index contributed by atoms with van der Waals surface area (Å²) in [5, 5.41) is 0. The lowest BCUT2D eigenvalue weighted by Crippen LogP contribution is -2.50. The van der Waals surface area contributed by atoms with E-state index in [0.29, 0.717) is 33.4 Å². The number of benzene rings is 2. The molecule has 1 N–H and O–H groups in total. The highest BCUT2D eigenvalue weighted by atomic mass is 32.2. The van der Waals surface area contributed by atoms with Crippen LogP contribution in [0.5, 0.6) is 11.5 Å². The van der Waals surface area contributed by atoms with Crippen molar-refractivity contribution in [2.45, 2.75) is 44.8 Å². The molecule has 0 unspecified atom stereocenters. The van der Waals surface area contributed by atoms with Gasteiger partial charge in [-0.1, -0.05) is 73.3 Å². The van der Waals surface area contributed by atoms with Gasteiger partial charge < -0.3 is 14.2 Å². The zero-order valence-electron chi connectivity index (χ0n) is 22.6. The highest BCUT2D eigenvalue weighted by Crippen LogP contribution is 2.33. The summed E-state index contributed by atoms with van der Waals surface area (Å²) in [6.45, 7) is -0.00115. The highest BCUT2D eigenvalue weighted by molar-refractivity contribution is 7.85. The summed E-state index contributed by atoms with van der Waals surface area (Å²) < 4.78 is 47.2. The molecule has 202 valence electrons. The van der Waals surface area contributed by atoms with E-state index in [1.54, 1.807) is 24.3 Å². The van der Waals surface area contributed by atoms with Crippen LogP contribution in [0.3, 0.4) is 0 Å². The molecule has 2 aromatic carbocycles. The predicted molar refractivity (Wildman–Crippen MR) is 156 cm³/mol. The van der Waals surface area contributed by atoms with Crippen LogP contribution < -0.4 is 9.47 Å². The van der Waals surface area contributed by atoms with E-state index in [0.717, 1.165) is 6.92 Å². The van der Waals surface area contributed by atoms with Crippen LogP contribution in [0, 0.1) is 5.41 Å². The van der Waals surface area contributed by atoms with Crippen molar-refractivity contribution in [3.8, 4) is 11.5 Å². The first-order valence-electron chi connectivity index (χ1n) is 12.4. The molecule has 41 heavy (non-hydrogen) atoms. The quantitative estimate of drug-likeness (QED) is 0.107. The average Bonchev–Trinajstić information content (AvgIpc) is 2.95. The Morgan fingerprint density at radius 2 is 1.02 bits per heavy atom. The molecule has 0 heterocycles. The molecule has 0 amide bonds. The number of ether oxygens (including phenoxy) is 3. The Morgan fingerprint density at radius 1 is 0.683 bits per heavy atom. The maximum Gasteiger partial charge on any atom is 0.340 e. The molecule has 0 aliphatic rings. The zero-order chi connectivity index (χ0) is 31.0. The van der Waals surface area contributed by atoms with Crippen molar-refractivity contribution >= 4 is 75.1 Å². The van der Waals surface area contributed by atoms with Crippen molar-refractivity contribution in [3.05, 3.63) is 57.6 Å². The van der Waals surface area contributed by atoms with Crippen LogP contribution >= 0.6 is 0 Å². The van der Waals surface area contributed by atoms with Crippen molar-refractivity contribution < 1.29 is 41.6 Å². The first-order chi connectivity index (χ1) is 19.3. The fourth-order valence-electron chi connectivity index (χ4n) is 3.78. The van der Waals surface area contributed by atoms with Gasteiger partial charge in [0.25, 0.3) is 15.5 Å². The van der Waals surface area contributed by atoms with E-state index < -0.39 is 45.8 Å². The molecular weight excluding hydrogens is 541 g/mol. The van der Waals surface area contributed by atoms with Crippen molar-refractivity contribution in [2.75, 3.05) is 12.4 Å². The van der Waals surface area contributed by atoms with Crippen molar-refractivity contribution in [1.29, 1.82) is 0 Å². The van der Waals surface area contributed by atoms with Gasteiger partial charge in [0.2, 0.25) is 0 Å². The monoisotopic (exact) mass is 566 g/mol. The molecule has 0 spiro atoms. The van der Waals surface area contributed by atoms with E-state index in [-0.39, 0.29) is 49.4 Å². The maximum atomic E-state index is 13.6. The first kappa shape index (κ1) is 34.4. The molecule has 0 aliphatic carbocycles. The third-order valence-corrected chi connectivity index (χ3v) is 6.83. The molecule has 2 aromatic rings. The largest absolute Gasteiger partial charge is 0.463 e. The normalized spacial score (nSPS) is 11.6. The molecule has 0 saturated carbocycles. The highest BCUT2D eigenvalue weighted by Gasteiger charge is 2.54. The molecule has 12 radical (unpaired) electrons. The Bertz CT molecular complexity index is 1270. The fraction of sp³-hybridized carbons (Fsp3) is 0.400. The summed E-state index contributed by atoms with van der Waals surface area (Å²) >= 11 is 0. The first-order valence-corrected chi connectivity index (χ1v) is 14.0. The van der Waals surface area contributed by atoms with E-state index in [1.165, 1.54) is 0 Å². The summed E-state index contributed by atoms with van der Waals surface area (Å²) in [6.07, 6.45) is -0.191. The van der Waals surface area contributed by atoms with Gasteiger partial charge in [-0.2, -0.15) is 8.42 Å². The Hall–Kier alpha value is -2.85. The van der Waals surface area contributed by atoms with Gasteiger partial charge in [0, 0.05) is 0 Å². The van der Waals surface area contributed by atoms with Gasteiger partial charge in [0.15, 0.2) is 0 Å². The van der Waals surface area contributed by atoms with E-state index in [1.807, 2.05) is 0 Å². The standard InChI is InChI=1S/C25H24B6O9S/c1-25(22(32)38-2-3-41(35,36)37,23(33)39-20-16(10-28)4-14(8-26)5-17(20)11-29)24(34)40-21-18(12-30)6-15(9-27)7-19(21)13-31/h4-7H,2-3,8-13H2,1H3,(H,35,36,37). The van der Waals surface area contributed by atoms with Crippen molar-refractivity contribution in [2.24, 2.45) is 5.41 Å². The molecule has 0 fully saturated rings. The number of carbonyl (C=O) groups excluding carboxylic acids is 3. The minimum Gasteiger partial charge on any atom is -0.463 e. The van der Waals surface area contributed by atoms with Crippen LogP contribution in [0.1, 0.15) is 40.3 Å². The molecule has 0 atom stereocenters. The third-order valence-electron chi connectivity index (χ3n) is 6.14. The van der Waals surface area contributed by atoms with E-state index >= 15 is 0 Å². The lowest BCUT2D eigenvalue weighted by molar-refractivity contribution is -0.174. The number of hydrogen-bond acceptors (Lipinski definition) is 8. The van der Waals surface area contributed by atoms with Gasteiger partial charge in [0.05, 0.1) is 47.1 Å². The van der Waals surface area contributed by atoms with Crippen LogP contribution in [-0.4, -0.2) is 90.3 Å². The van der Waals surface area contributed by atoms with Crippen molar-refractivity contribution in [3.63, 3.8) is 0 Å². The Balaban J connectivity index is 2.60. The predicted octanol–water partition coefficient (Wildman–Crippen LogP) is -0.354. The maximum absolute atomic E-state index is 13.6. The van der Waals surface area contributed by atoms with E-state index in [2.05, 4.69) is 0 Å². The number of carbonyl (C=O) groups is 3. The minimum absolute atomic E-state index is 0.0976. The number of hydrogen-bond donors (Lipinski definition) is 1. The molecule has 9 nitrogen and oxygen atoms in total. The van der Waals surface area contributed by atoms with Crippen molar-refractivity contribution in [1.82, 2.24) is 0 Å². The third kappa shape index (κ3) is 8.35. The van der Waals surface area contributed by atoms with Crippen LogP contribution in [0.4, 0.5) is 0 Å². The van der Waals surface area contributed by atoms with Crippen LogP contribution in [0.25, 0.3) is 0 Å². The topological polar surface area (TPSA) is 133 Å². The van der Waals surface area contributed by atoms with Crippen LogP contribution in [-0.2, 0) is 67.2 Å². The van der Waals surface area contributed by atoms with Gasteiger partial charge in [-0.15, -0.1) is 0 Å². The lowest BCUT2D eigenvalue weighted by atomic mass is 9.84. The molecule has 0 saturated heterocycles. The van der Waals surface area contributed by atoms with Crippen LogP contribution in [0.2, 0.25) is 0 Å². The molecule has 0 bridgehead atoms. The van der Waals surface area contributed by atoms with Gasteiger partial charge in [-0.25, -0.2) is 9.59 Å².